The second-order valence-corrected chi connectivity index (χ2v) is 13.4. The lowest BCUT2D eigenvalue weighted by molar-refractivity contribution is -0.384. The van der Waals surface area contributed by atoms with Crippen LogP contribution >= 0.6 is 0 Å². The Labute approximate surface area is 305 Å². The molecule has 5 aromatic rings. The van der Waals surface area contributed by atoms with Crippen LogP contribution < -0.4 is 15.2 Å². The summed E-state index contributed by atoms with van der Waals surface area (Å²) in [6.45, 7) is 1.96. The molecule has 8 rings (SSSR count). The van der Waals surface area contributed by atoms with Gasteiger partial charge in [-0.05, 0) is 73.0 Å². The van der Waals surface area contributed by atoms with Gasteiger partial charge in [-0.1, -0.05) is 12.1 Å². The number of halogens is 2. The number of hydrogen-bond donors (Lipinski definition) is 1. The second-order valence-electron chi connectivity index (χ2n) is 13.4. The molecule has 0 spiro atoms. The van der Waals surface area contributed by atoms with Crippen LogP contribution in [0.3, 0.4) is 0 Å². The minimum atomic E-state index is -1.35. The zero-order valence-corrected chi connectivity index (χ0v) is 28.6. The van der Waals surface area contributed by atoms with Gasteiger partial charge in [0, 0.05) is 67.7 Å². The fraction of sp³-hybridized carbons (Fsp3) is 0.205. The molecule has 13 nitrogen and oxygen atoms in total. The van der Waals surface area contributed by atoms with Crippen LogP contribution in [0.1, 0.15) is 40.4 Å². The Morgan fingerprint density at radius 3 is 2.37 bits per heavy atom. The summed E-state index contributed by atoms with van der Waals surface area (Å²) in [6, 6.07) is 19.7. The molecule has 54 heavy (non-hydrogen) atoms. The standard InChI is InChI=1S/C39H31F2N7O6/c40-24-4-11-33-29(17-24)36(43-26-7-5-25(6-8-26)42-20-23-2-1-3-28(16-23)48(53)54)38(50)47(33)22-44-12-14-45(15-13-44)35-19-34-30(18-32(35)41)37(49)31(39(51)52)21-46(34)27-9-10-27/h1-8,11,16-21,27H,9-10,12-15,22H2,(H,51,52). The molecule has 2 fully saturated rings. The van der Waals surface area contributed by atoms with E-state index in [1.165, 1.54) is 36.7 Å². The largest absolute Gasteiger partial charge is 0.477 e. The molecule has 272 valence electrons. The Hall–Kier alpha value is -6.61. The van der Waals surface area contributed by atoms with Crippen LogP contribution in [0.5, 0.6) is 0 Å². The number of aromatic nitrogens is 1. The molecule has 0 radical (unpaired) electrons. The molecule has 15 heteroatoms. The molecule has 1 aliphatic carbocycles. The summed E-state index contributed by atoms with van der Waals surface area (Å²) in [6.07, 6.45) is 4.55. The monoisotopic (exact) mass is 731 g/mol. The summed E-state index contributed by atoms with van der Waals surface area (Å²) in [4.78, 5) is 63.5. The van der Waals surface area contributed by atoms with Crippen LogP contribution in [0.15, 0.2) is 99.8 Å². The number of aliphatic imine (C=N–C) groups is 2. The molecule has 0 unspecified atom stereocenters. The Balaban J connectivity index is 0.979. The first kappa shape index (κ1) is 34.5. The van der Waals surface area contributed by atoms with Crippen molar-refractivity contribution < 1.29 is 28.4 Å². The first-order valence-electron chi connectivity index (χ1n) is 17.2. The van der Waals surface area contributed by atoms with Crippen molar-refractivity contribution in [1.82, 2.24) is 9.47 Å². The van der Waals surface area contributed by atoms with Gasteiger partial charge >= 0.3 is 5.97 Å². The van der Waals surface area contributed by atoms with E-state index in [2.05, 4.69) is 9.98 Å². The number of pyridine rings is 1. The van der Waals surface area contributed by atoms with E-state index in [-0.39, 0.29) is 35.1 Å². The number of fused-ring (bicyclic) bond motifs is 2. The predicted molar refractivity (Wildman–Crippen MR) is 199 cm³/mol. The molecular formula is C39H31F2N7O6. The van der Waals surface area contributed by atoms with Crippen molar-refractivity contribution in [2.45, 2.75) is 18.9 Å². The fourth-order valence-electron chi connectivity index (χ4n) is 6.88. The number of nitro benzene ring substituents is 1. The summed E-state index contributed by atoms with van der Waals surface area (Å²) in [5, 5.41) is 20.7. The van der Waals surface area contributed by atoms with E-state index in [1.807, 2.05) is 9.80 Å². The van der Waals surface area contributed by atoms with Crippen LogP contribution in [0.4, 0.5) is 37.2 Å². The molecule has 1 amide bonds. The van der Waals surface area contributed by atoms with Crippen LogP contribution in [-0.4, -0.2) is 76.1 Å². The van der Waals surface area contributed by atoms with Gasteiger partial charge in [-0.3, -0.25) is 34.5 Å². The zero-order valence-electron chi connectivity index (χ0n) is 28.6. The van der Waals surface area contributed by atoms with Gasteiger partial charge in [0.25, 0.3) is 11.6 Å². The number of anilines is 2. The average molecular weight is 732 g/mol. The third-order valence-corrected chi connectivity index (χ3v) is 9.81. The van der Waals surface area contributed by atoms with Gasteiger partial charge in [-0.15, -0.1) is 0 Å². The minimum Gasteiger partial charge on any atom is -0.477 e. The van der Waals surface area contributed by atoms with E-state index < -0.39 is 33.9 Å². The topological polar surface area (TPSA) is 154 Å². The van der Waals surface area contributed by atoms with Gasteiger partial charge in [0.1, 0.15) is 22.9 Å². The van der Waals surface area contributed by atoms with E-state index in [9.17, 15) is 34.0 Å². The number of hydrogen-bond acceptors (Lipinski definition) is 9. The van der Waals surface area contributed by atoms with Crippen LogP contribution in [0.25, 0.3) is 10.9 Å². The molecule has 1 saturated carbocycles. The predicted octanol–water partition coefficient (Wildman–Crippen LogP) is 6.22. The number of carboxylic acids is 1. The van der Waals surface area contributed by atoms with Gasteiger partial charge in [-0.2, -0.15) is 0 Å². The van der Waals surface area contributed by atoms with Gasteiger partial charge in [0.15, 0.2) is 0 Å². The molecule has 3 heterocycles. The summed E-state index contributed by atoms with van der Waals surface area (Å²) >= 11 is 0. The first-order valence-corrected chi connectivity index (χ1v) is 17.2. The smallest absolute Gasteiger partial charge is 0.341 e. The summed E-state index contributed by atoms with van der Waals surface area (Å²) < 4.78 is 31.8. The van der Waals surface area contributed by atoms with Crippen LogP contribution in [-0.2, 0) is 4.79 Å². The Morgan fingerprint density at radius 1 is 0.926 bits per heavy atom. The lowest BCUT2D eigenvalue weighted by atomic mass is 10.1. The Bertz CT molecular complexity index is 2490. The van der Waals surface area contributed by atoms with Crippen molar-refractivity contribution in [3.63, 3.8) is 0 Å². The second kappa shape index (κ2) is 13.7. The van der Waals surface area contributed by atoms with E-state index >= 15 is 4.39 Å². The van der Waals surface area contributed by atoms with Gasteiger partial charge in [0.2, 0.25) is 5.43 Å². The fourth-order valence-corrected chi connectivity index (χ4v) is 6.88. The number of benzene rings is 4. The number of carboxylic acid groups (broad SMARTS) is 1. The van der Waals surface area contributed by atoms with E-state index in [0.717, 1.165) is 18.9 Å². The minimum absolute atomic E-state index is 0.0318. The zero-order chi connectivity index (χ0) is 37.7. The number of aromatic carboxylic acids is 1. The van der Waals surface area contributed by atoms with E-state index in [0.29, 0.717) is 65.6 Å². The molecule has 1 N–H and O–H groups in total. The highest BCUT2D eigenvalue weighted by Crippen LogP contribution is 2.38. The molecule has 3 aliphatic rings. The van der Waals surface area contributed by atoms with Crippen LogP contribution in [0.2, 0.25) is 0 Å². The Morgan fingerprint density at radius 2 is 1.67 bits per heavy atom. The van der Waals surface area contributed by atoms with E-state index in [4.69, 9.17) is 0 Å². The maximum atomic E-state index is 15.6. The summed E-state index contributed by atoms with van der Waals surface area (Å²) in [5.41, 5.74) is 2.18. The molecule has 0 atom stereocenters. The molecule has 1 saturated heterocycles. The number of amides is 1. The normalized spacial score (nSPS) is 16.9. The number of non-ortho nitro benzene ring substituents is 1. The third kappa shape index (κ3) is 6.60. The maximum absolute atomic E-state index is 15.6. The maximum Gasteiger partial charge on any atom is 0.341 e. The Kier molecular flexibility index (Phi) is 8.77. The average Bonchev–Trinajstić information content (AvgIpc) is 3.98. The molecular weight excluding hydrogens is 700 g/mol. The molecule has 0 bridgehead atoms. The number of carbonyl (C=O) groups excluding carboxylic acids is 1. The van der Waals surface area contributed by atoms with Crippen molar-refractivity contribution in [1.29, 1.82) is 0 Å². The number of rotatable bonds is 9. The SMILES string of the molecule is O=C(O)c1cn(C2CC2)c2cc(N3CCN(CN4C(=O)C(=Nc5ccc(N=Cc6cccc([N+](=O)[O-])c6)cc5)c5cc(F)ccc54)CC3)c(F)cc2c1=O. The number of piperazine rings is 1. The quantitative estimate of drug-likeness (QED) is 0.107. The molecule has 1 aromatic heterocycles. The molecule has 4 aromatic carbocycles. The number of carbonyl (C=O) groups is 2. The van der Waals surface area contributed by atoms with Crippen molar-refractivity contribution in [3.05, 3.63) is 134 Å². The number of nitro groups is 1. The van der Waals surface area contributed by atoms with Crippen molar-refractivity contribution in [2.75, 3.05) is 42.6 Å². The van der Waals surface area contributed by atoms with Gasteiger partial charge in [-0.25, -0.2) is 18.6 Å². The van der Waals surface area contributed by atoms with Gasteiger partial charge < -0.3 is 14.6 Å². The lowest BCUT2D eigenvalue weighted by Crippen LogP contribution is -2.51. The molecule has 2 aliphatic heterocycles. The van der Waals surface area contributed by atoms with Crippen molar-refractivity contribution in [3.8, 4) is 0 Å². The number of nitrogens with zero attached hydrogens (tertiary/aromatic N) is 7. The summed E-state index contributed by atoms with van der Waals surface area (Å²) in [5.74, 6) is -2.88. The van der Waals surface area contributed by atoms with Crippen molar-refractivity contribution >= 4 is 63.1 Å². The van der Waals surface area contributed by atoms with Gasteiger partial charge in [0.05, 0.1) is 39.9 Å². The summed E-state index contributed by atoms with van der Waals surface area (Å²) in [7, 11) is 0. The van der Waals surface area contributed by atoms with E-state index in [1.54, 1.807) is 58.0 Å². The lowest BCUT2D eigenvalue weighted by Gasteiger charge is -2.38. The first-order chi connectivity index (χ1) is 26.0. The van der Waals surface area contributed by atoms with Crippen LogP contribution in [0, 0.1) is 21.7 Å². The highest BCUT2D eigenvalue weighted by Gasteiger charge is 2.36. The highest BCUT2D eigenvalue weighted by atomic mass is 19.1. The van der Waals surface area contributed by atoms with Crippen molar-refractivity contribution in [2.24, 2.45) is 9.98 Å². The third-order valence-electron chi connectivity index (χ3n) is 9.81. The highest BCUT2D eigenvalue weighted by molar-refractivity contribution is 6.54.